The molecule has 3 amide bonds. The number of nitriles is 1. The van der Waals surface area contributed by atoms with Crippen molar-refractivity contribution in [1.29, 1.82) is 5.26 Å². The van der Waals surface area contributed by atoms with Crippen LogP contribution in [0.15, 0.2) is 54.6 Å². The Morgan fingerprint density at radius 3 is 2.14 bits per heavy atom. The van der Waals surface area contributed by atoms with Crippen LogP contribution in [0.25, 0.3) is 0 Å². The molecular formula is C27H34N4O5. The van der Waals surface area contributed by atoms with Gasteiger partial charge in [-0.2, -0.15) is 5.26 Å². The number of rotatable bonds is 9. The van der Waals surface area contributed by atoms with E-state index in [-0.39, 0.29) is 12.5 Å². The number of ether oxygens (including phenoxy) is 2. The molecule has 9 nitrogen and oxygen atoms in total. The molecule has 0 fully saturated rings. The molecule has 2 rings (SSSR count). The summed E-state index contributed by atoms with van der Waals surface area (Å²) in [7, 11) is 1.54. The van der Waals surface area contributed by atoms with Crippen LogP contribution in [0.4, 0.5) is 10.5 Å². The predicted molar refractivity (Wildman–Crippen MR) is 136 cm³/mol. The van der Waals surface area contributed by atoms with Crippen LogP contribution in [0.5, 0.6) is 5.75 Å². The summed E-state index contributed by atoms with van der Waals surface area (Å²) in [6, 6.07) is 15.3. The third-order valence-electron chi connectivity index (χ3n) is 5.16. The number of alkyl carbamates (subject to hydrolysis) is 1. The van der Waals surface area contributed by atoms with Crippen molar-refractivity contribution in [2.75, 3.05) is 19.0 Å². The number of nitrogens with zero attached hydrogens (tertiary/aromatic N) is 2. The third kappa shape index (κ3) is 8.01. The lowest BCUT2D eigenvalue weighted by Gasteiger charge is -2.34. The van der Waals surface area contributed by atoms with Crippen LogP contribution in [0.3, 0.4) is 0 Å². The maximum absolute atomic E-state index is 13.7. The highest BCUT2D eigenvalue weighted by Crippen LogP contribution is 2.26. The lowest BCUT2D eigenvalue weighted by molar-refractivity contribution is -0.140. The van der Waals surface area contributed by atoms with Gasteiger partial charge in [0.15, 0.2) is 0 Å². The molecule has 0 saturated carbocycles. The second-order valence-electron chi connectivity index (χ2n) is 9.52. The molecule has 36 heavy (non-hydrogen) atoms. The highest BCUT2D eigenvalue weighted by atomic mass is 16.6. The monoisotopic (exact) mass is 494 g/mol. The summed E-state index contributed by atoms with van der Waals surface area (Å²) >= 11 is 0. The number of hydrogen-bond acceptors (Lipinski definition) is 6. The number of hydrogen-bond donors (Lipinski definition) is 2. The van der Waals surface area contributed by atoms with Crippen LogP contribution in [0.2, 0.25) is 0 Å². The minimum absolute atomic E-state index is 0.340. The molecule has 2 N–H and O–H groups in total. The molecule has 0 spiro atoms. The molecule has 2 aromatic rings. The van der Waals surface area contributed by atoms with Crippen LogP contribution in [-0.4, -0.2) is 48.1 Å². The van der Waals surface area contributed by atoms with Crippen LogP contribution in [0, 0.1) is 17.2 Å². The number of anilines is 1. The largest absolute Gasteiger partial charge is 0.497 e. The van der Waals surface area contributed by atoms with Gasteiger partial charge in [0.1, 0.15) is 30.0 Å². The van der Waals surface area contributed by atoms with Gasteiger partial charge in [0.05, 0.1) is 13.2 Å². The van der Waals surface area contributed by atoms with Crippen molar-refractivity contribution in [2.24, 2.45) is 5.92 Å². The first kappa shape index (κ1) is 28.2. The first-order chi connectivity index (χ1) is 17.0. The van der Waals surface area contributed by atoms with E-state index in [1.807, 2.05) is 6.07 Å². The van der Waals surface area contributed by atoms with Gasteiger partial charge in [0, 0.05) is 5.69 Å². The van der Waals surface area contributed by atoms with Gasteiger partial charge in [0.25, 0.3) is 5.91 Å². The summed E-state index contributed by atoms with van der Waals surface area (Å²) in [5.41, 5.74) is 0.261. The van der Waals surface area contributed by atoms with Crippen molar-refractivity contribution in [3.05, 3.63) is 60.2 Å². The molecule has 0 aliphatic carbocycles. The van der Waals surface area contributed by atoms with E-state index in [9.17, 15) is 19.6 Å². The van der Waals surface area contributed by atoms with Crippen LogP contribution >= 0.6 is 0 Å². The zero-order valence-electron chi connectivity index (χ0n) is 21.6. The summed E-state index contributed by atoms with van der Waals surface area (Å²) in [4.78, 5) is 40.9. The van der Waals surface area contributed by atoms with Gasteiger partial charge in [-0.05, 0) is 56.5 Å². The van der Waals surface area contributed by atoms with E-state index in [1.165, 1.54) is 4.90 Å². The first-order valence-corrected chi connectivity index (χ1v) is 11.6. The Labute approximate surface area is 212 Å². The fraction of sp³-hybridized carbons (Fsp3) is 0.407. The fourth-order valence-corrected chi connectivity index (χ4v) is 3.49. The molecule has 192 valence electrons. The molecule has 2 unspecified atom stereocenters. The minimum Gasteiger partial charge on any atom is -0.497 e. The van der Waals surface area contributed by atoms with Gasteiger partial charge in [-0.3, -0.25) is 9.59 Å². The maximum atomic E-state index is 13.7. The molecule has 9 heteroatoms. The van der Waals surface area contributed by atoms with Crippen molar-refractivity contribution >= 4 is 23.6 Å². The number of amides is 3. The van der Waals surface area contributed by atoms with Crippen molar-refractivity contribution in [1.82, 2.24) is 10.2 Å². The number of carbonyl (C=O) groups is 3. The Bertz CT molecular complexity index is 1070. The van der Waals surface area contributed by atoms with E-state index in [0.717, 1.165) is 0 Å². The predicted octanol–water partition coefficient (Wildman–Crippen LogP) is 4.28. The lowest BCUT2D eigenvalue weighted by atomic mass is 9.99. The first-order valence-electron chi connectivity index (χ1n) is 11.6. The van der Waals surface area contributed by atoms with Gasteiger partial charge >= 0.3 is 6.09 Å². The van der Waals surface area contributed by atoms with Crippen molar-refractivity contribution in [3.8, 4) is 11.8 Å². The third-order valence-corrected chi connectivity index (χ3v) is 5.16. The van der Waals surface area contributed by atoms with Crippen molar-refractivity contribution < 1.29 is 23.9 Å². The molecule has 0 saturated heterocycles. The van der Waals surface area contributed by atoms with Gasteiger partial charge < -0.3 is 25.0 Å². The van der Waals surface area contributed by atoms with Crippen LogP contribution in [0.1, 0.15) is 46.2 Å². The van der Waals surface area contributed by atoms with Gasteiger partial charge in [0.2, 0.25) is 5.91 Å². The highest BCUT2D eigenvalue weighted by molar-refractivity contribution is 5.99. The quantitative estimate of drug-likeness (QED) is 0.502. The lowest BCUT2D eigenvalue weighted by Crippen LogP contribution is -2.54. The van der Waals surface area contributed by atoms with E-state index in [2.05, 4.69) is 10.6 Å². The molecule has 2 atom stereocenters. The Morgan fingerprint density at radius 2 is 1.64 bits per heavy atom. The molecular weight excluding hydrogens is 460 g/mol. The second-order valence-corrected chi connectivity index (χ2v) is 9.52. The van der Waals surface area contributed by atoms with E-state index in [1.54, 1.807) is 96.3 Å². The smallest absolute Gasteiger partial charge is 0.408 e. The number of nitrogens with one attached hydrogen (secondary N) is 2. The van der Waals surface area contributed by atoms with Gasteiger partial charge in [-0.1, -0.05) is 44.2 Å². The standard InChI is InChI=1S/C27H34N4O5/c1-18(2)22(30-26(34)36-27(3,4)5)25(33)31(17-16-28)23(19-10-8-7-9-11-19)24(32)29-20-12-14-21(35-6)15-13-20/h7-15,18,22-23H,17H2,1-6H3,(H,29,32)(H,30,34). The Balaban J connectivity index is 2.42. The molecule has 0 aromatic heterocycles. The normalized spacial score (nSPS) is 12.6. The number of methoxy groups -OCH3 is 1. The second kappa shape index (κ2) is 12.6. The van der Waals surface area contributed by atoms with E-state index in [0.29, 0.717) is 17.0 Å². The van der Waals surface area contributed by atoms with Gasteiger partial charge in [-0.25, -0.2) is 4.79 Å². The summed E-state index contributed by atoms with van der Waals surface area (Å²) in [5.74, 6) is -0.792. The summed E-state index contributed by atoms with van der Waals surface area (Å²) < 4.78 is 10.5. The van der Waals surface area contributed by atoms with Crippen LogP contribution < -0.4 is 15.4 Å². The number of benzene rings is 2. The molecule has 0 heterocycles. The maximum Gasteiger partial charge on any atom is 0.408 e. The Kier molecular flexibility index (Phi) is 9.85. The average Bonchev–Trinajstić information content (AvgIpc) is 2.81. The van der Waals surface area contributed by atoms with Gasteiger partial charge in [-0.15, -0.1) is 0 Å². The summed E-state index contributed by atoms with van der Waals surface area (Å²) in [6.45, 7) is 8.31. The SMILES string of the molecule is COc1ccc(NC(=O)C(c2ccccc2)N(CC#N)C(=O)C(NC(=O)OC(C)(C)C)C(C)C)cc1. The zero-order valence-corrected chi connectivity index (χ0v) is 21.6. The van der Waals surface area contributed by atoms with E-state index >= 15 is 0 Å². The number of carbonyl (C=O) groups excluding carboxylic acids is 3. The van der Waals surface area contributed by atoms with E-state index < -0.39 is 35.6 Å². The zero-order chi connectivity index (χ0) is 26.9. The fourth-order valence-electron chi connectivity index (χ4n) is 3.49. The highest BCUT2D eigenvalue weighted by Gasteiger charge is 2.37. The molecule has 2 aromatic carbocycles. The van der Waals surface area contributed by atoms with Crippen molar-refractivity contribution in [3.63, 3.8) is 0 Å². The Hall–Kier alpha value is -4.06. The molecule has 0 aliphatic rings. The minimum atomic E-state index is -1.12. The van der Waals surface area contributed by atoms with Crippen molar-refractivity contribution in [2.45, 2.75) is 52.3 Å². The average molecular weight is 495 g/mol. The van der Waals surface area contributed by atoms with Crippen LogP contribution in [-0.2, 0) is 14.3 Å². The summed E-state index contributed by atoms with van der Waals surface area (Å²) in [6.07, 6.45) is -0.759. The molecule has 0 bridgehead atoms. The topological polar surface area (TPSA) is 121 Å². The molecule has 0 aliphatic heterocycles. The molecule has 0 radical (unpaired) electrons. The van der Waals surface area contributed by atoms with E-state index in [4.69, 9.17) is 9.47 Å². The Morgan fingerprint density at radius 1 is 1.03 bits per heavy atom. The summed E-state index contributed by atoms with van der Waals surface area (Å²) in [5, 5.41) is 15.0.